The number of carbonyl (C=O) groups is 2. The molecule has 0 spiro atoms. The fourth-order valence-corrected chi connectivity index (χ4v) is 2.73. The number of hydrogen-bond acceptors (Lipinski definition) is 3. The summed E-state index contributed by atoms with van der Waals surface area (Å²) in [5.41, 5.74) is -1.20. The quantitative estimate of drug-likeness (QED) is 0.311. The average Bonchev–Trinajstić information content (AvgIpc) is 3.09. The molecule has 2 rings (SSSR count). The summed E-state index contributed by atoms with van der Waals surface area (Å²) >= 11 is 0. The van der Waals surface area contributed by atoms with Crippen LogP contribution in [0.1, 0.15) is 10.4 Å². The smallest absolute Gasteiger partial charge is 0.460 e. The fourth-order valence-electron chi connectivity index (χ4n) is 2.73. The van der Waals surface area contributed by atoms with Gasteiger partial charge >= 0.3 is 47.9 Å². The molecular formula is C18H9F14NO3. The fraction of sp³-hybridized carbons (Fsp3) is 0.444. The van der Waals surface area contributed by atoms with Gasteiger partial charge in [0.1, 0.15) is 0 Å². The van der Waals surface area contributed by atoms with E-state index in [1.165, 1.54) is 0 Å². The predicted octanol–water partition coefficient (Wildman–Crippen LogP) is 6.03. The van der Waals surface area contributed by atoms with E-state index in [9.17, 15) is 71.1 Å². The van der Waals surface area contributed by atoms with Crippen LogP contribution in [0, 0.1) is 0 Å². The molecule has 18 heteroatoms. The number of nitrogens with zero attached hydrogens (tertiary/aromatic N) is 1. The first-order valence-corrected chi connectivity index (χ1v) is 8.97. The monoisotopic (exact) mass is 553 g/mol. The highest BCUT2D eigenvalue weighted by Crippen LogP contribution is 2.48. The highest BCUT2D eigenvalue weighted by molar-refractivity contribution is 5.98. The third-order valence-corrected chi connectivity index (χ3v) is 4.64. The van der Waals surface area contributed by atoms with Gasteiger partial charge in [-0.05, 0) is 11.6 Å². The molecule has 0 unspecified atom stereocenters. The number of carbonyl (C=O) groups excluding carboxylic acids is 2. The van der Waals surface area contributed by atoms with Crippen LogP contribution in [-0.4, -0.2) is 59.1 Å². The van der Waals surface area contributed by atoms with Crippen molar-refractivity contribution in [1.82, 2.24) is 4.57 Å². The van der Waals surface area contributed by atoms with Crippen LogP contribution in [0.3, 0.4) is 0 Å². The van der Waals surface area contributed by atoms with Crippen molar-refractivity contribution >= 4 is 22.8 Å². The molecular weight excluding hydrogens is 544 g/mol. The topological polar surface area (TPSA) is 48.3 Å². The summed E-state index contributed by atoms with van der Waals surface area (Å²) in [6.07, 6.45) is -14.4. The van der Waals surface area contributed by atoms with E-state index in [4.69, 9.17) is 0 Å². The molecule has 0 N–H and O–H groups in total. The third-order valence-electron chi connectivity index (χ3n) is 4.64. The Labute approximate surface area is 189 Å². The molecule has 0 saturated carbocycles. The van der Waals surface area contributed by atoms with E-state index >= 15 is 0 Å². The van der Waals surface area contributed by atoms with Crippen LogP contribution >= 0.6 is 0 Å². The number of para-hydroxylation sites is 1. The van der Waals surface area contributed by atoms with Crippen LogP contribution in [0.25, 0.3) is 10.9 Å². The number of ether oxygens (including phenoxy) is 1. The minimum absolute atomic E-state index is 0.254. The standard InChI is InChI=1S/C18H9F14NO3/c19-13(20,15(23,24)17(27,28)29)11(34)33-7-8(9-3-1-2-4-10(9)33)5-6-36-12(35)14(21,22)16(25,26)18(30,31)32/h1-4,7H,5-6H2. The molecule has 36 heavy (non-hydrogen) atoms. The summed E-state index contributed by atoms with van der Waals surface area (Å²) in [4.78, 5) is 23.1. The maximum Gasteiger partial charge on any atom is 0.460 e. The van der Waals surface area contributed by atoms with Crippen molar-refractivity contribution in [2.75, 3.05) is 6.61 Å². The van der Waals surface area contributed by atoms with E-state index in [1.807, 2.05) is 0 Å². The second-order valence-corrected chi connectivity index (χ2v) is 7.03. The molecule has 4 nitrogen and oxygen atoms in total. The minimum Gasteiger partial charge on any atom is -0.461 e. The van der Waals surface area contributed by atoms with Crippen LogP contribution in [0.15, 0.2) is 30.5 Å². The summed E-state index contributed by atoms with van der Waals surface area (Å²) in [5.74, 6) is -32.8. The van der Waals surface area contributed by atoms with Gasteiger partial charge in [-0.15, -0.1) is 0 Å². The Balaban J connectivity index is 2.34. The molecule has 0 bridgehead atoms. The number of alkyl halides is 14. The third kappa shape index (κ3) is 4.56. The molecule has 0 aliphatic carbocycles. The first-order valence-electron chi connectivity index (χ1n) is 8.97. The van der Waals surface area contributed by atoms with Crippen molar-refractivity contribution in [1.29, 1.82) is 0 Å². The predicted molar refractivity (Wildman–Crippen MR) is 89.1 cm³/mol. The van der Waals surface area contributed by atoms with Crippen LogP contribution in [0.5, 0.6) is 0 Å². The highest BCUT2D eigenvalue weighted by Gasteiger charge is 2.78. The second kappa shape index (κ2) is 8.79. The van der Waals surface area contributed by atoms with Crippen LogP contribution in [-0.2, 0) is 16.0 Å². The van der Waals surface area contributed by atoms with Crippen molar-refractivity contribution in [2.24, 2.45) is 0 Å². The molecule has 1 heterocycles. The Bertz CT molecular complexity index is 1150. The van der Waals surface area contributed by atoms with Crippen molar-refractivity contribution in [3.8, 4) is 0 Å². The van der Waals surface area contributed by atoms with Gasteiger partial charge < -0.3 is 4.74 Å². The Hall–Kier alpha value is -3.08. The lowest BCUT2D eigenvalue weighted by atomic mass is 10.1. The van der Waals surface area contributed by atoms with Gasteiger partial charge in [0, 0.05) is 18.0 Å². The largest absolute Gasteiger partial charge is 0.461 e. The molecule has 1 aromatic carbocycles. The molecule has 0 aliphatic heterocycles. The number of benzene rings is 1. The molecule has 0 aliphatic rings. The SMILES string of the molecule is O=C(OCCc1cn(C(=O)C(F)(F)C(F)(F)C(F)(F)F)c2ccccc12)C(F)(F)C(F)(F)C(F)(F)F. The number of hydrogen-bond donors (Lipinski definition) is 0. The molecule has 0 atom stereocenters. The van der Waals surface area contributed by atoms with Crippen LogP contribution in [0.4, 0.5) is 61.5 Å². The van der Waals surface area contributed by atoms with E-state index in [-0.39, 0.29) is 16.2 Å². The number of aromatic nitrogens is 1. The maximum absolute atomic E-state index is 13.9. The summed E-state index contributed by atoms with van der Waals surface area (Å²) in [6.45, 7) is -1.42. The zero-order valence-electron chi connectivity index (χ0n) is 16.8. The van der Waals surface area contributed by atoms with Crippen molar-refractivity contribution < 1.29 is 75.8 Å². The molecule has 2 aromatic rings. The minimum atomic E-state index is -6.85. The van der Waals surface area contributed by atoms with E-state index in [1.54, 1.807) is 0 Å². The average molecular weight is 553 g/mol. The van der Waals surface area contributed by atoms with Gasteiger partial charge in [0.25, 0.3) is 0 Å². The molecule has 0 amide bonds. The van der Waals surface area contributed by atoms with Gasteiger partial charge in [0.2, 0.25) is 0 Å². The zero-order valence-corrected chi connectivity index (χ0v) is 16.8. The van der Waals surface area contributed by atoms with Gasteiger partial charge in [-0.2, -0.15) is 61.5 Å². The van der Waals surface area contributed by atoms with Gasteiger partial charge in [0.05, 0.1) is 12.1 Å². The Morgan fingerprint density at radius 2 is 1.19 bits per heavy atom. The van der Waals surface area contributed by atoms with Crippen molar-refractivity contribution in [2.45, 2.75) is 42.5 Å². The van der Waals surface area contributed by atoms with E-state index in [0.29, 0.717) is 0 Å². The van der Waals surface area contributed by atoms with Gasteiger partial charge in [-0.3, -0.25) is 9.36 Å². The molecule has 202 valence electrons. The first-order chi connectivity index (χ1) is 16.0. The molecule has 0 saturated heterocycles. The van der Waals surface area contributed by atoms with Crippen LogP contribution < -0.4 is 0 Å². The van der Waals surface area contributed by atoms with Gasteiger partial charge in [0.15, 0.2) is 0 Å². The molecule has 0 radical (unpaired) electrons. The number of esters is 1. The Kier molecular flexibility index (Phi) is 7.12. The van der Waals surface area contributed by atoms with E-state index in [2.05, 4.69) is 4.74 Å². The summed E-state index contributed by atoms with van der Waals surface area (Å²) in [5, 5.41) is -0.347. The second-order valence-electron chi connectivity index (χ2n) is 7.03. The maximum atomic E-state index is 13.9. The Morgan fingerprint density at radius 3 is 1.69 bits per heavy atom. The molecule has 1 aromatic heterocycles. The normalized spacial score (nSPS) is 14.3. The lowest BCUT2D eigenvalue weighted by molar-refractivity contribution is -0.348. The van der Waals surface area contributed by atoms with Crippen LogP contribution in [0.2, 0.25) is 0 Å². The lowest BCUT2D eigenvalue weighted by Crippen LogP contribution is -2.57. The van der Waals surface area contributed by atoms with E-state index < -0.39 is 72.0 Å². The van der Waals surface area contributed by atoms with Gasteiger partial charge in [-0.1, -0.05) is 18.2 Å². The van der Waals surface area contributed by atoms with E-state index in [0.717, 1.165) is 24.3 Å². The highest BCUT2D eigenvalue weighted by atomic mass is 19.4. The van der Waals surface area contributed by atoms with Gasteiger partial charge in [-0.25, -0.2) is 4.79 Å². The van der Waals surface area contributed by atoms with Crippen molar-refractivity contribution in [3.05, 3.63) is 36.0 Å². The summed E-state index contributed by atoms with van der Waals surface area (Å²) in [6, 6.07) is 3.92. The Morgan fingerprint density at radius 1 is 0.722 bits per heavy atom. The number of halogens is 14. The summed E-state index contributed by atoms with van der Waals surface area (Å²) in [7, 11) is 0. The first kappa shape index (κ1) is 29.2. The van der Waals surface area contributed by atoms with Crippen molar-refractivity contribution in [3.63, 3.8) is 0 Å². The summed E-state index contributed by atoms with van der Waals surface area (Å²) < 4.78 is 183. The number of fused-ring (bicyclic) bond motifs is 1. The molecule has 0 fully saturated rings. The zero-order chi connectivity index (χ0) is 28.1. The lowest BCUT2D eigenvalue weighted by Gasteiger charge is -2.27. The number of rotatable bonds is 7.